The number of hydrogen-bond donors (Lipinski definition) is 2. The molecular weight excluding hydrogens is 218 g/mol. The molecule has 0 aromatic carbocycles. The molecule has 0 bridgehead atoms. The second-order valence-corrected chi connectivity index (χ2v) is 5.20. The van der Waals surface area contributed by atoms with E-state index in [9.17, 15) is 9.90 Å². The van der Waals surface area contributed by atoms with Gasteiger partial charge in [-0.1, -0.05) is 13.8 Å². The molecule has 0 unspecified atom stereocenters. The summed E-state index contributed by atoms with van der Waals surface area (Å²) in [6.07, 6.45) is 3.97. The second kappa shape index (κ2) is 6.36. The van der Waals surface area contributed by atoms with Crippen molar-refractivity contribution in [3.05, 3.63) is 0 Å². The first kappa shape index (κ1) is 14.5. The van der Waals surface area contributed by atoms with Crippen molar-refractivity contribution in [3.63, 3.8) is 0 Å². The lowest BCUT2D eigenvalue weighted by molar-refractivity contribution is -0.150. The first-order chi connectivity index (χ1) is 8.04. The van der Waals surface area contributed by atoms with Gasteiger partial charge < -0.3 is 9.84 Å². The van der Waals surface area contributed by atoms with Gasteiger partial charge in [-0.3, -0.25) is 10.1 Å². The van der Waals surface area contributed by atoms with E-state index in [-0.39, 0.29) is 5.97 Å². The molecule has 0 spiro atoms. The Morgan fingerprint density at radius 1 is 1.53 bits per heavy atom. The number of carbonyl (C=O) groups excluding carboxylic acids is 1. The van der Waals surface area contributed by atoms with Crippen LogP contribution < -0.4 is 5.32 Å². The minimum absolute atomic E-state index is 0.187. The first-order valence-corrected chi connectivity index (χ1v) is 6.55. The van der Waals surface area contributed by atoms with Crippen molar-refractivity contribution < 1.29 is 14.6 Å². The van der Waals surface area contributed by atoms with Crippen LogP contribution in [0.3, 0.4) is 0 Å². The van der Waals surface area contributed by atoms with Gasteiger partial charge >= 0.3 is 5.97 Å². The SMILES string of the molecule is CC[C@@H](O)CNC1(C(=O)OC)CCC(C)CC1. The summed E-state index contributed by atoms with van der Waals surface area (Å²) in [6, 6.07) is 0. The molecule has 17 heavy (non-hydrogen) atoms. The van der Waals surface area contributed by atoms with E-state index in [0.717, 1.165) is 25.7 Å². The Labute approximate surface area is 104 Å². The number of carbonyl (C=O) groups is 1. The highest BCUT2D eigenvalue weighted by Gasteiger charge is 2.41. The molecule has 1 rings (SSSR count). The van der Waals surface area contributed by atoms with E-state index in [1.54, 1.807) is 0 Å². The van der Waals surface area contributed by atoms with Crippen molar-refractivity contribution in [1.29, 1.82) is 0 Å². The molecule has 1 aliphatic carbocycles. The molecule has 1 fully saturated rings. The minimum Gasteiger partial charge on any atom is -0.468 e. The molecule has 100 valence electrons. The third-order valence-corrected chi connectivity index (χ3v) is 3.85. The Bertz CT molecular complexity index is 247. The van der Waals surface area contributed by atoms with Gasteiger partial charge in [0.25, 0.3) is 0 Å². The van der Waals surface area contributed by atoms with Gasteiger partial charge in [0.15, 0.2) is 0 Å². The summed E-state index contributed by atoms with van der Waals surface area (Å²) in [5.74, 6) is 0.485. The second-order valence-electron chi connectivity index (χ2n) is 5.20. The number of hydrogen-bond acceptors (Lipinski definition) is 4. The average molecular weight is 243 g/mol. The van der Waals surface area contributed by atoms with Crippen molar-refractivity contribution in [3.8, 4) is 0 Å². The lowest BCUT2D eigenvalue weighted by Crippen LogP contribution is -2.56. The van der Waals surface area contributed by atoms with Crippen LogP contribution in [0.1, 0.15) is 46.0 Å². The molecule has 1 saturated carbocycles. The lowest BCUT2D eigenvalue weighted by atomic mass is 9.77. The molecule has 4 heteroatoms. The van der Waals surface area contributed by atoms with Crippen LogP contribution in [0, 0.1) is 5.92 Å². The van der Waals surface area contributed by atoms with Gasteiger partial charge in [0.1, 0.15) is 5.54 Å². The Balaban J connectivity index is 2.63. The number of nitrogens with one attached hydrogen (secondary N) is 1. The maximum atomic E-state index is 11.9. The van der Waals surface area contributed by atoms with Crippen LogP contribution in [-0.4, -0.2) is 36.4 Å². The molecule has 4 nitrogen and oxygen atoms in total. The van der Waals surface area contributed by atoms with E-state index in [0.29, 0.717) is 18.9 Å². The smallest absolute Gasteiger partial charge is 0.326 e. The number of β-amino-alcohol motifs (C(OH)–C–C–N with tert-alkyl or cyclic N) is 1. The summed E-state index contributed by atoms with van der Waals surface area (Å²) in [5, 5.41) is 12.8. The largest absolute Gasteiger partial charge is 0.468 e. The topological polar surface area (TPSA) is 58.6 Å². The van der Waals surface area contributed by atoms with E-state index in [1.165, 1.54) is 7.11 Å². The molecule has 0 amide bonds. The van der Waals surface area contributed by atoms with Crippen molar-refractivity contribution >= 4 is 5.97 Å². The van der Waals surface area contributed by atoms with Crippen LogP contribution in [0.15, 0.2) is 0 Å². The van der Waals surface area contributed by atoms with Gasteiger partial charge in [-0.2, -0.15) is 0 Å². The fourth-order valence-corrected chi connectivity index (χ4v) is 2.36. The number of methoxy groups -OCH3 is 1. The van der Waals surface area contributed by atoms with Gasteiger partial charge in [-0.25, -0.2) is 0 Å². The maximum Gasteiger partial charge on any atom is 0.326 e. The highest BCUT2D eigenvalue weighted by Crippen LogP contribution is 2.32. The first-order valence-electron chi connectivity index (χ1n) is 6.55. The number of aliphatic hydroxyl groups is 1. The predicted octanol–water partition coefficient (Wildman–Crippen LogP) is 1.47. The van der Waals surface area contributed by atoms with Crippen molar-refractivity contribution in [1.82, 2.24) is 5.32 Å². The van der Waals surface area contributed by atoms with Crippen molar-refractivity contribution in [2.75, 3.05) is 13.7 Å². The minimum atomic E-state index is -0.572. The van der Waals surface area contributed by atoms with Crippen LogP contribution >= 0.6 is 0 Å². The fourth-order valence-electron chi connectivity index (χ4n) is 2.36. The normalized spacial score (nSPS) is 30.9. The summed E-state index contributed by atoms with van der Waals surface area (Å²) in [5.41, 5.74) is -0.572. The van der Waals surface area contributed by atoms with Gasteiger partial charge in [0, 0.05) is 6.54 Å². The van der Waals surface area contributed by atoms with Crippen LogP contribution in [-0.2, 0) is 9.53 Å². The summed E-state index contributed by atoms with van der Waals surface area (Å²) in [7, 11) is 1.43. The molecule has 0 aromatic rings. The molecule has 1 atom stereocenters. The zero-order chi connectivity index (χ0) is 12.9. The number of esters is 1. The van der Waals surface area contributed by atoms with E-state index in [4.69, 9.17) is 4.74 Å². The molecule has 0 radical (unpaired) electrons. The highest BCUT2D eigenvalue weighted by atomic mass is 16.5. The summed E-state index contributed by atoms with van der Waals surface area (Å²) < 4.78 is 4.91. The van der Waals surface area contributed by atoms with E-state index >= 15 is 0 Å². The predicted molar refractivity (Wildman–Crippen MR) is 66.7 cm³/mol. The molecule has 0 saturated heterocycles. The number of rotatable bonds is 5. The van der Waals surface area contributed by atoms with Gasteiger partial charge in [0.05, 0.1) is 13.2 Å². The summed E-state index contributed by atoms with van der Waals surface area (Å²) in [4.78, 5) is 11.9. The van der Waals surface area contributed by atoms with Crippen LogP contribution in [0.25, 0.3) is 0 Å². The molecule has 0 heterocycles. The number of aliphatic hydroxyl groups excluding tert-OH is 1. The molecule has 0 aromatic heterocycles. The van der Waals surface area contributed by atoms with Crippen LogP contribution in [0.5, 0.6) is 0 Å². The zero-order valence-electron chi connectivity index (χ0n) is 11.2. The molecule has 2 N–H and O–H groups in total. The standard InChI is InChI=1S/C13H25NO3/c1-4-11(15)9-14-13(12(16)17-3)7-5-10(2)6-8-13/h10-11,14-15H,4-9H2,1-3H3/t10?,11-,13?/m1/s1. The molecule has 0 aliphatic heterocycles. The van der Waals surface area contributed by atoms with E-state index < -0.39 is 11.6 Å². The van der Waals surface area contributed by atoms with Gasteiger partial charge in [-0.05, 0) is 38.0 Å². The lowest BCUT2D eigenvalue weighted by Gasteiger charge is -2.38. The Morgan fingerprint density at radius 2 is 2.12 bits per heavy atom. The van der Waals surface area contributed by atoms with Crippen LogP contribution in [0.2, 0.25) is 0 Å². The quantitative estimate of drug-likeness (QED) is 0.718. The van der Waals surface area contributed by atoms with E-state index in [1.807, 2.05) is 6.92 Å². The Kier molecular flexibility index (Phi) is 5.40. The van der Waals surface area contributed by atoms with Crippen molar-refractivity contribution in [2.24, 2.45) is 5.92 Å². The monoisotopic (exact) mass is 243 g/mol. The molecular formula is C13H25NO3. The van der Waals surface area contributed by atoms with Crippen molar-refractivity contribution in [2.45, 2.75) is 57.6 Å². The molecule has 1 aliphatic rings. The van der Waals surface area contributed by atoms with E-state index in [2.05, 4.69) is 12.2 Å². The third-order valence-electron chi connectivity index (χ3n) is 3.85. The van der Waals surface area contributed by atoms with Gasteiger partial charge in [-0.15, -0.1) is 0 Å². The summed E-state index contributed by atoms with van der Waals surface area (Å²) in [6.45, 7) is 4.60. The average Bonchev–Trinajstić information content (AvgIpc) is 2.37. The van der Waals surface area contributed by atoms with Crippen LogP contribution in [0.4, 0.5) is 0 Å². The summed E-state index contributed by atoms with van der Waals surface area (Å²) >= 11 is 0. The third kappa shape index (κ3) is 3.68. The zero-order valence-corrected chi connectivity index (χ0v) is 11.2. The maximum absolute atomic E-state index is 11.9. The fraction of sp³-hybridized carbons (Fsp3) is 0.923. The van der Waals surface area contributed by atoms with Gasteiger partial charge in [0.2, 0.25) is 0 Å². The highest BCUT2D eigenvalue weighted by molar-refractivity contribution is 5.80. The Morgan fingerprint density at radius 3 is 2.59 bits per heavy atom. The number of ether oxygens (including phenoxy) is 1. The Hall–Kier alpha value is -0.610.